The van der Waals surface area contributed by atoms with Crippen molar-refractivity contribution in [3.8, 4) is 0 Å². The van der Waals surface area contributed by atoms with Crippen molar-refractivity contribution in [2.75, 3.05) is 0 Å². The number of hydrogen-bond acceptors (Lipinski definition) is 0. The molecule has 1 heteroatoms. The summed E-state index contributed by atoms with van der Waals surface area (Å²) in [6.45, 7) is 3.93. The second kappa shape index (κ2) is 2.80. The Bertz CT molecular complexity index is 418. The first kappa shape index (κ1) is 7.63. The first-order valence-electron chi connectivity index (χ1n) is 3.77. The molecule has 0 spiro atoms. The van der Waals surface area contributed by atoms with Crippen LogP contribution in [0.2, 0.25) is 5.02 Å². The van der Waals surface area contributed by atoms with Gasteiger partial charge in [0.1, 0.15) is 0 Å². The molecule has 59 valence electrons. The quantitative estimate of drug-likeness (QED) is 0.573. The highest BCUT2D eigenvalue weighted by Crippen LogP contribution is 2.21. The monoisotopic (exact) mass is 175 g/mol. The average Bonchev–Trinajstić information content (AvgIpc) is 2.07. The molecule has 0 aliphatic carbocycles. The summed E-state index contributed by atoms with van der Waals surface area (Å²) >= 11 is 5.86. The van der Waals surface area contributed by atoms with Gasteiger partial charge in [-0.2, -0.15) is 0 Å². The third kappa shape index (κ3) is 1.19. The van der Waals surface area contributed by atoms with E-state index in [1.54, 1.807) is 0 Å². The molecule has 0 fully saturated rings. The fourth-order valence-corrected chi connectivity index (χ4v) is 1.48. The first-order chi connectivity index (χ1) is 5.77. The third-order valence-corrected chi connectivity index (χ3v) is 2.17. The molecule has 12 heavy (non-hydrogen) atoms. The molecule has 0 heterocycles. The number of halogens is 1. The van der Waals surface area contributed by atoms with E-state index in [4.69, 9.17) is 11.6 Å². The Hall–Kier alpha value is -1.01. The Balaban J connectivity index is 2.88. The molecule has 0 aromatic heterocycles. The Morgan fingerprint density at radius 3 is 2.75 bits per heavy atom. The third-order valence-electron chi connectivity index (χ3n) is 1.93. The van der Waals surface area contributed by atoms with Crippen molar-refractivity contribution >= 4 is 22.4 Å². The highest BCUT2D eigenvalue weighted by molar-refractivity contribution is 6.31. The molecule has 0 amide bonds. The van der Waals surface area contributed by atoms with Crippen molar-refractivity contribution in [2.24, 2.45) is 0 Å². The van der Waals surface area contributed by atoms with Crippen LogP contribution in [0.15, 0.2) is 36.4 Å². The first-order valence-corrected chi connectivity index (χ1v) is 4.15. The van der Waals surface area contributed by atoms with Gasteiger partial charge in [-0.1, -0.05) is 35.9 Å². The maximum absolute atomic E-state index is 5.86. The molecule has 2 rings (SSSR count). The van der Waals surface area contributed by atoms with E-state index in [0.29, 0.717) is 0 Å². The molecular formula is C11H8Cl. The average molecular weight is 176 g/mol. The number of benzene rings is 2. The minimum atomic E-state index is 0.763. The molecule has 0 bridgehead atoms. The lowest BCUT2D eigenvalue weighted by Crippen LogP contribution is -1.76. The van der Waals surface area contributed by atoms with Crippen LogP contribution < -0.4 is 0 Å². The predicted octanol–water partition coefficient (Wildman–Crippen LogP) is 3.68. The zero-order valence-electron chi connectivity index (χ0n) is 6.55. The summed E-state index contributed by atoms with van der Waals surface area (Å²) in [5.41, 5.74) is 1.02. The van der Waals surface area contributed by atoms with Crippen LogP contribution in [0, 0.1) is 6.92 Å². The highest BCUT2D eigenvalue weighted by Gasteiger charge is 1.96. The summed E-state index contributed by atoms with van der Waals surface area (Å²) in [6.07, 6.45) is 0. The second-order valence-corrected chi connectivity index (χ2v) is 3.22. The van der Waals surface area contributed by atoms with Gasteiger partial charge < -0.3 is 0 Å². The molecule has 0 aliphatic heterocycles. The van der Waals surface area contributed by atoms with Crippen molar-refractivity contribution in [3.63, 3.8) is 0 Å². The van der Waals surface area contributed by atoms with E-state index in [0.717, 1.165) is 16.0 Å². The van der Waals surface area contributed by atoms with Crippen molar-refractivity contribution in [3.05, 3.63) is 53.9 Å². The Morgan fingerprint density at radius 2 is 1.92 bits per heavy atom. The summed E-state index contributed by atoms with van der Waals surface area (Å²) < 4.78 is 0. The molecule has 0 nitrogen and oxygen atoms in total. The van der Waals surface area contributed by atoms with Crippen molar-refractivity contribution in [1.82, 2.24) is 0 Å². The van der Waals surface area contributed by atoms with Crippen LogP contribution in [-0.2, 0) is 0 Å². The fraction of sp³-hybridized carbons (Fsp3) is 0. The highest BCUT2D eigenvalue weighted by atomic mass is 35.5. The summed E-state index contributed by atoms with van der Waals surface area (Å²) in [4.78, 5) is 0. The van der Waals surface area contributed by atoms with Gasteiger partial charge in [0, 0.05) is 5.02 Å². The molecule has 0 aliphatic rings. The molecule has 0 saturated carbocycles. The summed E-state index contributed by atoms with van der Waals surface area (Å²) in [5, 5.41) is 3.08. The van der Waals surface area contributed by atoms with Crippen molar-refractivity contribution in [1.29, 1.82) is 0 Å². The van der Waals surface area contributed by atoms with E-state index in [2.05, 4.69) is 13.0 Å². The lowest BCUT2D eigenvalue weighted by atomic mass is 10.1. The predicted molar refractivity (Wildman–Crippen MR) is 53.4 cm³/mol. The van der Waals surface area contributed by atoms with E-state index >= 15 is 0 Å². The van der Waals surface area contributed by atoms with Gasteiger partial charge in [-0.05, 0) is 35.4 Å². The molecule has 0 N–H and O–H groups in total. The molecule has 0 atom stereocenters. The van der Waals surface area contributed by atoms with Gasteiger partial charge in [0.25, 0.3) is 0 Å². The van der Waals surface area contributed by atoms with Crippen LogP contribution >= 0.6 is 11.6 Å². The second-order valence-electron chi connectivity index (χ2n) is 2.78. The van der Waals surface area contributed by atoms with Gasteiger partial charge in [-0.25, -0.2) is 0 Å². The standard InChI is InChI=1S/C11H8Cl/c1-8-3-2-4-9-5-6-10(12)7-11(8)9/h2-7H,1H2. The van der Waals surface area contributed by atoms with Crippen molar-refractivity contribution in [2.45, 2.75) is 0 Å². The lowest BCUT2D eigenvalue weighted by molar-refractivity contribution is 1.67. The van der Waals surface area contributed by atoms with E-state index in [-0.39, 0.29) is 0 Å². The Labute approximate surface area is 76.8 Å². The van der Waals surface area contributed by atoms with E-state index < -0.39 is 0 Å². The zero-order valence-corrected chi connectivity index (χ0v) is 7.31. The van der Waals surface area contributed by atoms with Crippen LogP contribution in [-0.4, -0.2) is 0 Å². The maximum Gasteiger partial charge on any atom is 0.0412 e. The normalized spacial score (nSPS) is 10.5. The maximum atomic E-state index is 5.86. The number of fused-ring (bicyclic) bond motifs is 1. The van der Waals surface area contributed by atoms with E-state index in [9.17, 15) is 0 Å². The summed E-state index contributed by atoms with van der Waals surface area (Å²) in [6, 6.07) is 11.9. The summed E-state index contributed by atoms with van der Waals surface area (Å²) in [5.74, 6) is 0. The Kier molecular flexibility index (Phi) is 1.78. The van der Waals surface area contributed by atoms with Crippen LogP contribution in [0.25, 0.3) is 10.8 Å². The molecular weight excluding hydrogens is 168 g/mol. The smallest absolute Gasteiger partial charge is 0.0412 e. The molecule has 2 aromatic carbocycles. The number of rotatable bonds is 0. The van der Waals surface area contributed by atoms with E-state index in [1.807, 2.05) is 30.3 Å². The van der Waals surface area contributed by atoms with Gasteiger partial charge in [0.15, 0.2) is 0 Å². The van der Waals surface area contributed by atoms with Crippen LogP contribution in [0.5, 0.6) is 0 Å². The fourth-order valence-electron chi connectivity index (χ4n) is 1.31. The van der Waals surface area contributed by atoms with Crippen LogP contribution in [0.3, 0.4) is 0 Å². The molecule has 0 unspecified atom stereocenters. The molecule has 0 saturated heterocycles. The van der Waals surface area contributed by atoms with Gasteiger partial charge in [-0.15, -0.1) is 0 Å². The molecule has 2 aromatic rings. The topological polar surface area (TPSA) is 0 Å². The summed E-state index contributed by atoms with van der Waals surface area (Å²) in [7, 11) is 0. The van der Waals surface area contributed by atoms with Gasteiger partial charge in [0.05, 0.1) is 0 Å². The SMILES string of the molecule is [CH2]c1cccc2ccc(Cl)cc12. The van der Waals surface area contributed by atoms with E-state index in [1.165, 1.54) is 5.39 Å². The van der Waals surface area contributed by atoms with Gasteiger partial charge in [-0.3, -0.25) is 0 Å². The minimum Gasteiger partial charge on any atom is -0.0843 e. The van der Waals surface area contributed by atoms with Crippen molar-refractivity contribution < 1.29 is 0 Å². The molecule has 1 radical (unpaired) electrons. The van der Waals surface area contributed by atoms with Crippen LogP contribution in [0.1, 0.15) is 5.56 Å². The zero-order chi connectivity index (χ0) is 8.55. The van der Waals surface area contributed by atoms with Gasteiger partial charge >= 0.3 is 0 Å². The van der Waals surface area contributed by atoms with Crippen LogP contribution in [0.4, 0.5) is 0 Å². The van der Waals surface area contributed by atoms with Gasteiger partial charge in [0.2, 0.25) is 0 Å². The largest absolute Gasteiger partial charge is 0.0843 e. The Morgan fingerprint density at radius 1 is 1.08 bits per heavy atom. The number of hydrogen-bond donors (Lipinski definition) is 0. The minimum absolute atomic E-state index is 0.763. The lowest BCUT2D eigenvalue weighted by Gasteiger charge is -2.00.